The van der Waals surface area contributed by atoms with Crippen LogP contribution in [0.5, 0.6) is 0 Å². The molecule has 1 atom stereocenters. The molecule has 0 spiro atoms. The third kappa shape index (κ3) is 2.52. The molecular weight excluding hydrogens is 360 g/mol. The number of carbonyl (C=O) groups is 2. The number of H-pyrrole nitrogens is 1. The lowest BCUT2D eigenvalue weighted by Gasteiger charge is -2.19. The van der Waals surface area contributed by atoms with Crippen molar-refractivity contribution in [3.8, 4) is 0 Å². The van der Waals surface area contributed by atoms with Gasteiger partial charge in [-0.2, -0.15) is 5.10 Å². The van der Waals surface area contributed by atoms with Crippen LogP contribution in [-0.2, 0) is 9.59 Å². The Morgan fingerprint density at radius 2 is 2.09 bits per heavy atom. The highest BCUT2D eigenvalue weighted by molar-refractivity contribution is 9.10. The standard InChI is InChI=1S/C16H17BrN4O2/c17-11-3-4-12-13(8-11)18-19-15(12)21-9-10(7-14(21)22)16(23)20-5-1-2-6-20/h3-4,8,10H,1-2,5-7,9H2,(H,18,19)/t10-/m0/s1. The molecule has 23 heavy (non-hydrogen) atoms. The minimum atomic E-state index is -0.247. The molecular formula is C16H17BrN4O2. The van der Waals surface area contributed by atoms with Crippen molar-refractivity contribution < 1.29 is 9.59 Å². The monoisotopic (exact) mass is 376 g/mol. The number of anilines is 1. The number of hydrogen-bond acceptors (Lipinski definition) is 3. The molecule has 0 bridgehead atoms. The van der Waals surface area contributed by atoms with E-state index in [1.165, 1.54) is 0 Å². The Bertz CT molecular complexity index is 781. The van der Waals surface area contributed by atoms with Gasteiger partial charge in [0.1, 0.15) is 0 Å². The Balaban J connectivity index is 1.59. The van der Waals surface area contributed by atoms with E-state index in [4.69, 9.17) is 0 Å². The van der Waals surface area contributed by atoms with Gasteiger partial charge in [-0.25, -0.2) is 0 Å². The number of nitrogens with zero attached hydrogens (tertiary/aromatic N) is 3. The van der Waals surface area contributed by atoms with Gasteiger partial charge in [-0.3, -0.25) is 19.6 Å². The summed E-state index contributed by atoms with van der Waals surface area (Å²) in [6.07, 6.45) is 2.41. The maximum absolute atomic E-state index is 12.5. The number of fused-ring (bicyclic) bond motifs is 1. The molecule has 1 aromatic heterocycles. The lowest BCUT2D eigenvalue weighted by atomic mass is 10.1. The summed E-state index contributed by atoms with van der Waals surface area (Å²) in [7, 11) is 0. The maximum Gasteiger partial charge on any atom is 0.229 e. The van der Waals surface area contributed by atoms with Gasteiger partial charge in [-0.15, -0.1) is 0 Å². The zero-order valence-electron chi connectivity index (χ0n) is 12.6. The molecule has 0 saturated carbocycles. The second-order valence-electron chi connectivity index (χ2n) is 6.17. The smallest absolute Gasteiger partial charge is 0.229 e. The van der Waals surface area contributed by atoms with Crippen molar-refractivity contribution in [3.05, 3.63) is 22.7 Å². The first-order valence-corrected chi connectivity index (χ1v) is 8.65. The number of amides is 2. The Hall–Kier alpha value is -1.89. The van der Waals surface area contributed by atoms with E-state index in [9.17, 15) is 9.59 Å². The number of nitrogens with one attached hydrogen (secondary N) is 1. The zero-order chi connectivity index (χ0) is 16.0. The van der Waals surface area contributed by atoms with Crippen LogP contribution < -0.4 is 4.90 Å². The molecule has 6 nitrogen and oxygen atoms in total. The molecule has 2 aromatic rings. The van der Waals surface area contributed by atoms with Crippen LogP contribution in [0.25, 0.3) is 10.9 Å². The third-order valence-electron chi connectivity index (χ3n) is 4.65. The first-order chi connectivity index (χ1) is 11.1. The van der Waals surface area contributed by atoms with Crippen molar-refractivity contribution in [1.29, 1.82) is 0 Å². The largest absolute Gasteiger partial charge is 0.342 e. The Kier molecular flexibility index (Phi) is 3.60. The maximum atomic E-state index is 12.5. The molecule has 2 saturated heterocycles. The average Bonchev–Trinajstić information content (AvgIpc) is 3.24. The first kappa shape index (κ1) is 14.7. The van der Waals surface area contributed by atoms with Gasteiger partial charge in [0, 0.05) is 35.9 Å². The summed E-state index contributed by atoms with van der Waals surface area (Å²) in [6.45, 7) is 2.07. The van der Waals surface area contributed by atoms with Gasteiger partial charge >= 0.3 is 0 Å². The van der Waals surface area contributed by atoms with Crippen molar-refractivity contribution >= 4 is 44.5 Å². The van der Waals surface area contributed by atoms with Gasteiger partial charge in [0.25, 0.3) is 0 Å². The van der Waals surface area contributed by atoms with Gasteiger partial charge in [-0.05, 0) is 31.0 Å². The first-order valence-electron chi connectivity index (χ1n) is 7.86. The minimum absolute atomic E-state index is 0.0288. The summed E-state index contributed by atoms with van der Waals surface area (Å²) in [6, 6.07) is 5.79. The van der Waals surface area contributed by atoms with Crippen LogP contribution in [0.15, 0.2) is 22.7 Å². The van der Waals surface area contributed by atoms with Crippen LogP contribution in [0.4, 0.5) is 5.82 Å². The second kappa shape index (κ2) is 5.63. The number of halogens is 1. The molecule has 2 amide bonds. The minimum Gasteiger partial charge on any atom is -0.342 e. The van der Waals surface area contributed by atoms with Gasteiger partial charge < -0.3 is 4.90 Å². The molecule has 2 aliphatic rings. The predicted octanol–water partition coefficient (Wildman–Crippen LogP) is 2.30. The second-order valence-corrected chi connectivity index (χ2v) is 7.09. The van der Waals surface area contributed by atoms with E-state index < -0.39 is 0 Å². The van der Waals surface area contributed by atoms with Gasteiger partial charge in [0.2, 0.25) is 11.8 Å². The zero-order valence-corrected chi connectivity index (χ0v) is 14.2. The highest BCUT2D eigenvalue weighted by atomic mass is 79.9. The van der Waals surface area contributed by atoms with Gasteiger partial charge in [0.15, 0.2) is 5.82 Å². The SMILES string of the molecule is O=C([C@H]1CC(=O)N(c2n[nH]c3cc(Br)ccc23)C1)N1CCCC1. The Morgan fingerprint density at radius 3 is 2.87 bits per heavy atom. The van der Waals surface area contributed by atoms with E-state index in [1.54, 1.807) is 4.90 Å². The number of likely N-dealkylation sites (tertiary alicyclic amines) is 1. The molecule has 7 heteroatoms. The molecule has 2 fully saturated rings. The quantitative estimate of drug-likeness (QED) is 0.873. The average molecular weight is 377 g/mol. The number of benzene rings is 1. The van der Waals surface area contributed by atoms with Gasteiger partial charge in [-0.1, -0.05) is 15.9 Å². The summed E-state index contributed by atoms with van der Waals surface area (Å²) in [5.74, 6) is 0.455. The van der Waals surface area contributed by atoms with E-state index >= 15 is 0 Å². The van der Waals surface area contributed by atoms with Crippen LogP contribution in [0.3, 0.4) is 0 Å². The van der Waals surface area contributed by atoms with Crippen LogP contribution in [0.1, 0.15) is 19.3 Å². The summed E-state index contributed by atoms with van der Waals surface area (Å²) in [4.78, 5) is 28.5. The summed E-state index contributed by atoms with van der Waals surface area (Å²) >= 11 is 3.42. The molecule has 4 rings (SSSR count). The van der Waals surface area contributed by atoms with E-state index in [0.717, 1.165) is 41.3 Å². The fraction of sp³-hybridized carbons (Fsp3) is 0.438. The van der Waals surface area contributed by atoms with E-state index in [-0.39, 0.29) is 24.2 Å². The highest BCUT2D eigenvalue weighted by Gasteiger charge is 2.39. The van der Waals surface area contributed by atoms with Crippen molar-refractivity contribution in [3.63, 3.8) is 0 Å². The number of aromatic nitrogens is 2. The third-order valence-corrected chi connectivity index (χ3v) is 5.15. The number of hydrogen-bond donors (Lipinski definition) is 1. The molecule has 120 valence electrons. The molecule has 1 N–H and O–H groups in total. The normalized spacial score (nSPS) is 21.6. The molecule has 3 heterocycles. The fourth-order valence-corrected chi connectivity index (χ4v) is 3.82. The van der Waals surface area contributed by atoms with Crippen molar-refractivity contribution in [2.24, 2.45) is 5.92 Å². The van der Waals surface area contributed by atoms with E-state index in [1.807, 2.05) is 23.1 Å². The van der Waals surface area contributed by atoms with Crippen molar-refractivity contribution in [1.82, 2.24) is 15.1 Å². The van der Waals surface area contributed by atoms with Crippen molar-refractivity contribution in [2.75, 3.05) is 24.5 Å². The molecule has 0 unspecified atom stereocenters. The summed E-state index contributed by atoms with van der Waals surface area (Å²) in [5.41, 5.74) is 0.872. The molecule has 1 aromatic carbocycles. The fourth-order valence-electron chi connectivity index (χ4n) is 3.46. The van der Waals surface area contributed by atoms with Crippen LogP contribution >= 0.6 is 15.9 Å². The van der Waals surface area contributed by atoms with Crippen molar-refractivity contribution in [2.45, 2.75) is 19.3 Å². The Labute approximate surface area is 141 Å². The number of carbonyl (C=O) groups excluding carboxylic acids is 2. The molecule has 0 radical (unpaired) electrons. The lowest BCUT2D eigenvalue weighted by Crippen LogP contribution is -2.35. The molecule has 0 aliphatic carbocycles. The number of aromatic amines is 1. The topological polar surface area (TPSA) is 69.3 Å². The summed E-state index contributed by atoms with van der Waals surface area (Å²) < 4.78 is 0.954. The van der Waals surface area contributed by atoms with Crippen LogP contribution in [0, 0.1) is 5.92 Å². The van der Waals surface area contributed by atoms with E-state index in [0.29, 0.717) is 12.4 Å². The number of rotatable bonds is 2. The van der Waals surface area contributed by atoms with Crippen LogP contribution in [-0.4, -0.2) is 46.5 Å². The molecule has 2 aliphatic heterocycles. The lowest BCUT2D eigenvalue weighted by molar-refractivity contribution is -0.134. The van der Waals surface area contributed by atoms with Gasteiger partial charge in [0.05, 0.1) is 11.4 Å². The highest BCUT2D eigenvalue weighted by Crippen LogP contribution is 2.32. The predicted molar refractivity (Wildman–Crippen MR) is 90.1 cm³/mol. The van der Waals surface area contributed by atoms with E-state index in [2.05, 4.69) is 26.1 Å². The van der Waals surface area contributed by atoms with Crippen LogP contribution in [0.2, 0.25) is 0 Å². The Morgan fingerprint density at radius 1 is 1.30 bits per heavy atom. The summed E-state index contributed by atoms with van der Waals surface area (Å²) in [5, 5.41) is 8.15.